The second-order valence-corrected chi connectivity index (χ2v) is 3.26. The Morgan fingerprint density at radius 3 is 2.86 bits per heavy atom. The van der Waals surface area contributed by atoms with Crippen LogP contribution in [0.5, 0.6) is 0 Å². The number of amides is 1. The number of hydrogen-bond acceptors (Lipinski definition) is 2. The fraction of sp³-hybridized carbons (Fsp3) is 0.500. The number of hydrogen-bond donors (Lipinski definition) is 1. The van der Waals surface area contributed by atoms with Crippen LogP contribution in [0.1, 0.15) is 16.1 Å². The zero-order chi connectivity index (χ0) is 10.6. The molecule has 4 nitrogen and oxygen atoms in total. The Hall–Kier alpha value is -1.29. The maximum Gasteiger partial charge on any atom is 0.267 e. The van der Waals surface area contributed by atoms with Gasteiger partial charge in [0.15, 0.2) is 0 Å². The highest BCUT2D eigenvalue weighted by Gasteiger charge is 2.08. The van der Waals surface area contributed by atoms with Gasteiger partial charge in [-0.05, 0) is 18.6 Å². The summed E-state index contributed by atoms with van der Waals surface area (Å²) in [6.07, 6.45) is 1.92. The number of aromatic nitrogens is 1. The van der Waals surface area contributed by atoms with Crippen molar-refractivity contribution < 1.29 is 9.53 Å². The van der Waals surface area contributed by atoms with Gasteiger partial charge in [0.25, 0.3) is 5.91 Å². The monoisotopic (exact) mass is 196 g/mol. The molecule has 0 aliphatic rings. The predicted octanol–water partition coefficient (Wildman–Crippen LogP) is 0.710. The summed E-state index contributed by atoms with van der Waals surface area (Å²) in [7, 11) is 3.47. The van der Waals surface area contributed by atoms with Gasteiger partial charge in [0.2, 0.25) is 0 Å². The van der Waals surface area contributed by atoms with Gasteiger partial charge >= 0.3 is 0 Å². The largest absolute Gasteiger partial charge is 0.383 e. The molecule has 0 fully saturated rings. The van der Waals surface area contributed by atoms with Crippen molar-refractivity contribution in [1.29, 1.82) is 0 Å². The Morgan fingerprint density at radius 1 is 1.64 bits per heavy atom. The molecule has 14 heavy (non-hydrogen) atoms. The minimum absolute atomic E-state index is 0.0577. The van der Waals surface area contributed by atoms with Crippen molar-refractivity contribution in [3.05, 3.63) is 23.5 Å². The highest BCUT2D eigenvalue weighted by atomic mass is 16.5. The molecule has 1 aromatic heterocycles. The molecule has 0 radical (unpaired) electrons. The summed E-state index contributed by atoms with van der Waals surface area (Å²) in [5, 5.41) is 2.77. The van der Waals surface area contributed by atoms with Gasteiger partial charge in [-0.2, -0.15) is 0 Å². The fourth-order valence-corrected chi connectivity index (χ4v) is 1.31. The number of carbonyl (C=O) groups is 1. The summed E-state index contributed by atoms with van der Waals surface area (Å²) < 4.78 is 6.66. The highest BCUT2D eigenvalue weighted by Crippen LogP contribution is 2.04. The smallest absolute Gasteiger partial charge is 0.267 e. The van der Waals surface area contributed by atoms with Gasteiger partial charge in [-0.1, -0.05) is 0 Å². The molecule has 1 amide bonds. The molecule has 0 aromatic carbocycles. The van der Waals surface area contributed by atoms with Crippen LogP contribution in [0.15, 0.2) is 12.3 Å². The van der Waals surface area contributed by atoms with Gasteiger partial charge in [-0.25, -0.2) is 0 Å². The third-order valence-corrected chi connectivity index (χ3v) is 1.97. The van der Waals surface area contributed by atoms with E-state index in [-0.39, 0.29) is 5.91 Å². The zero-order valence-corrected chi connectivity index (χ0v) is 8.83. The van der Waals surface area contributed by atoms with E-state index in [1.54, 1.807) is 7.11 Å². The van der Waals surface area contributed by atoms with Crippen molar-refractivity contribution >= 4 is 5.91 Å². The number of nitrogens with one attached hydrogen (secondary N) is 1. The van der Waals surface area contributed by atoms with Crippen LogP contribution in [0, 0.1) is 6.92 Å². The van der Waals surface area contributed by atoms with Gasteiger partial charge in [0.05, 0.1) is 6.61 Å². The van der Waals surface area contributed by atoms with Crippen LogP contribution in [0.25, 0.3) is 0 Å². The van der Waals surface area contributed by atoms with E-state index >= 15 is 0 Å². The van der Waals surface area contributed by atoms with Gasteiger partial charge in [-0.3, -0.25) is 4.79 Å². The van der Waals surface area contributed by atoms with Gasteiger partial charge in [-0.15, -0.1) is 0 Å². The van der Waals surface area contributed by atoms with Crippen molar-refractivity contribution in [1.82, 2.24) is 9.88 Å². The standard InChI is InChI=1S/C10H16N2O2/c1-8-6-9(12(2)7-8)10(13)11-4-5-14-3/h6-7H,4-5H2,1-3H3,(H,11,13). The van der Waals surface area contributed by atoms with Gasteiger partial charge in [0.1, 0.15) is 5.69 Å². The van der Waals surface area contributed by atoms with Crippen molar-refractivity contribution in [2.24, 2.45) is 7.05 Å². The average molecular weight is 196 g/mol. The van der Waals surface area contributed by atoms with Crippen molar-refractivity contribution in [3.63, 3.8) is 0 Å². The molecule has 0 aliphatic heterocycles. The second-order valence-electron chi connectivity index (χ2n) is 3.26. The number of rotatable bonds is 4. The molecule has 78 valence electrons. The maximum absolute atomic E-state index is 11.6. The zero-order valence-electron chi connectivity index (χ0n) is 8.83. The Morgan fingerprint density at radius 2 is 2.36 bits per heavy atom. The molecule has 0 saturated carbocycles. The van der Waals surface area contributed by atoms with E-state index in [2.05, 4.69) is 5.32 Å². The lowest BCUT2D eigenvalue weighted by atomic mass is 10.3. The summed E-state index contributed by atoms with van der Waals surface area (Å²) in [5.74, 6) is -0.0577. The van der Waals surface area contributed by atoms with Crippen LogP contribution in [0.2, 0.25) is 0 Å². The number of ether oxygens (including phenoxy) is 1. The summed E-state index contributed by atoms with van der Waals surface area (Å²) in [5.41, 5.74) is 1.77. The first-order valence-electron chi connectivity index (χ1n) is 4.55. The Bertz CT molecular complexity index is 318. The first kappa shape index (κ1) is 10.8. The van der Waals surface area contributed by atoms with Crippen molar-refractivity contribution in [3.8, 4) is 0 Å². The molecule has 0 aliphatic carbocycles. The maximum atomic E-state index is 11.6. The number of methoxy groups -OCH3 is 1. The van der Waals surface area contributed by atoms with Crippen LogP contribution in [-0.4, -0.2) is 30.7 Å². The molecule has 1 heterocycles. The molecular weight excluding hydrogens is 180 g/mol. The SMILES string of the molecule is COCCNC(=O)c1cc(C)cn1C. The van der Waals surface area contributed by atoms with E-state index in [0.717, 1.165) is 5.56 Å². The first-order chi connectivity index (χ1) is 6.65. The number of carbonyl (C=O) groups excluding carboxylic acids is 1. The normalized spacial score (nSPS) is 10.2. The first-order valence-corrected chi connectivity index (χ1v) is 4.55. The van der Waals surface area contributed by atoms with E-state index < -0.39 is 0 Å². The van der Waals surface area contributed by atoms with Gasteiger partial charge < -0.3 is 14.6 Å². The number of nitrogens with zero attached hydrogens (tertiary/aromatic N) is 1. The Kier molecular flexibility index (Phi) is 3.71. The van der Waals surface area contributed by atoms with E-state index in [9.17, 15) is 4.79 Å². The molecule has 0 atom stereocenters. The van der Waals surface area contributed by atoms with E-state index in [4.69, 9.17) is 4.74 Å². The lowest BCUT2D eigenvalue weighted by molar-refractivity contribution is 0.0929. The third kappa shape index (κ3) is 2.60. The summed E-state index contributed by atoms with van der Waals surface area (Å²) >= 11 is 0. The van der Waals surface area contributed by atoms with E-state index in [1.807, 2.05) is 30.8 Å². The minimum atomic E-state index is -0.0577. The Balaban J connectivity index is 2.56. The third-order valence-electron chi connectivity index (χ3n) is 1.97. The second kappa shape index (κ2) is 4.81. The Labute approximate surface area is 83.9 Å². The predicted molar refractivity (Wildman–Crippen MR) is 54.4 cm³/mol. The molecule has 0 spiro atoms. The van der Waals surface area contributed by atoms with Crippen LogP contribution in [-0.2, 0) is 11.8 Å². The molecule has 4 heteroatoms. The minimum Gasteiger partial charge on any atom is -0.383 e. The van der Waals surface area contributed by atoms with Crippen molar-refractivity contribution in [2.45, 2.75) is 6.92 Å². The lowest BCUT2D eigenvalue weighted by Crippen LogP contribution is -2.28. The quantitative estimate of drug-likeness (QED) is 0.721. The van der Waals surface area contributed by atoms with Crippen LogP contribution < -0.4 is 5.32 Å². The molecule has 1 N–H and O–H groups in total. The van der Waals surface area contributed by atoms with Crippen LogP contribution in [0.4, 0.5) is 0 Å². The molecular formula is C10H16N2O2. The van der Waals surface area contributed by atoms with E-state index in [1.165, 1.54) is 0 Å². The molecule has 1 aromatic rings. The molecule has 0 saturated heterocycles. The van der Waals surface area contributed by atoms with Crippen molar-refractivity contribution in [2.75, 3.05) is 20.3 Å². The number of aryl methyl sites for hydroxylation is 2. The molecule has 1 rings (SSSR count). The summed E-state index contributed by atoms with van der Waals surface area (Å²) in [4.78, 5) is 11.6. The summed E-state index contributed by atoms with van der Waals surface area (Å²) in [6.45, 7) is 3.04. The molecule has 0 unspecified atom stereocenters. The van der Waals surface area contributed by atoms with E-state index in [0.29, 0.717) is 18.8 Å². The molecule has 0 bridgehead atoms. The fourth-order valence-electron chi connectivity index (χ4n) is 1.31. The summed E-state index contributed by atoms with van der Waals surface area (Å²) in [6, 6.07) is 1.86. The topological polar surface area (TPSA) is 43.3 Å². The van der Waals surface area contributed by atoms with Crippen LogP contribution >= 0.6 is 0 Å². The average Bonchev–Trinajstić information content (AvgIpc) is 2.45. The van der Waals surface area contributed by atoms with Gasteiger partial charge in [0, 0.05) is 26.9 Å². The van der Waals surface area contributed by atoms with Crippen LogP contribution in [0.3, 0.4) is 0 Å². The highest BCUT2D eigenvalue weighted by molar-refractivity contribution is 5.92. The lowest BCUT2D eigenvalue weighted by Gasteiger charge is -2.04.